The molecule has 0 aliphatic carbocycles. The van der Waals surface area contributed by atoms with Crippen molar-refractivity contribution < 1.29 is 4.92 Å². The van der Waals surface area contributed by atoms with Crippen molar-refractivity contribution in [2.75, 3.05) is 0 Å². The van der Waals surface area contributed by atoms with Gasteiger partial charge in [-0.15, -0.1) is 0 Å². The number of nitro benzene ring substituents is 1. The molecule has 0 aromatic heterocycles. The van der Waals surface area contributed by atoms with Crippen molar-refractivity contribution in [1.29, 1.82) is 0 Å². The van der Waals surface area contributed by atoms with Crippen molar-refractivity contribution in [2.45, 2.75) is 0 Å². The van der Waals surface area contributed by atoms with Gasteiger partial charge in [0.05, 0.1) is 10.5 Å². The standard InChI is InChI=1S/C16H9BrClNO2/c17-14-6-2-4-10-3-1-5-13(16(10)14)12-8-7-11(18)9-15(12)19(20)21/h1-9H. The minimum absolute atomic E-state index is 0.00533. The van der Waals surface area contributed by atoms with E-state index in [9.17, 15) is 10.1 Å². The fourth-order valence-corrected chi connectivity index (χ4v) is 3.16. The van der Waals surface area contributed by atoms with Crippen LogP contribution in [-0.4, -0.2) is 4.92 Å². The van der Waals surface area contributed by atoms with E-state index in [1.54, 1.807) is 12.1 Å². The average Bonchev–Trinajstić information content (AvgIpc) is 2.47. The fourth-order valence-electron chi connectivity index (χ4n) is 2.40. The number of nitrogens with zero attached hydrogens (tertiary/aromatic N) is 1. The molecule has 0 unspecified atom stereocenters. The van der Waals surface area contributed by atoms with Gasteiger partial charge in [0.25, 0.3) is 5.69 Å². The lowest BCUT2D eigenvalue weighted by atomic mass is 9.97. The zero-order chi connectivity index (χ0) is 15.0. The first-order valence-corrected chi connectivity index (χ1v) is 7.36. The molecule has 0 atom stereocenters. The van der Waals surface area contributed by atoms with Crippen molar-refractivity contribution >= 4 is 44.0 Å². The number of benzene rings is 3. The van der Waals surface area contributed by atoms with E-state index in [1.807, 2.05) is 36.4 Å². The number of halogens is 2. The van der Waals surface area contributed by atoms with Gasteiger partial charge in [0.1, 0.15) is 0 Å². The molecular formula is C16H9BrClNO2. The molecule has 0 aliphatic heterocycles. The Morgan fingerprint density at radius 2 is 1.71 bits per heavy atom. The van der Waals surface area contributed by atoms with Crippen LogP contribution in [0.2, 0.25) is 5.02 Å². The van der Waals surface area contributed by atoms with Crippen LogP contribution < -0.4 is 0 Å². The third kappa shape index (κ3) is 2.52. The quantitative estimate of drug-likeness (QED) is 0.425. The first kappa shape index (κ1) is 14.0. The first-order valence-electron chi connectivity index (χ1n) is 6.19. The maximum atomic E-state index is 11.3. The van der Waals surface area contributed by atoms with Crippen LogP contribution in [0, 0.1) is 10.1 Å². The monoisotopic (exact) mass is 361 g/mol. The highest BCUT2D eigenvalue weighted by atomic mass is 79.9. The summed E-state index contributed by atoms with van der Waals surface area (Å²) in [5.41, 5.74) is 1.37. The molecule has 0 saturated heterocycles. The number of rotatable bonds is 2. The normalized spacial score (nSPS) is 10.8. The summed E-state index contributed by atoms with van der Waals surface area (Å²) in [4.78, 5) is 10.9. The van der Waals surface area contributed by atoms with Crippen LogP contribution in [0.5, 0.6) is 0 Å². The van der Waals surface area contributed by atoms with Crippen molar-refractivity contribution in [3.8, 4) is 11.1 Å². The molecule has 3 rings (SSSR count). The third-order valence-corrected chi connectivity index (χ3v) is 4.20. The Labute approximate surface area is 134 Å². The summed E-state index contributed by atoms with van der Waals surface area (Å²) in [6.45, 7) is 0. The van der Waals surface area contributed by atoms with Crippen LogP contribution in [-0.2, 0) is 0 Å². The molecule has 5 heteroatoms. The van der Waals surface area contributed by atoms with Crippen molar-refractivity contribution in [3.05, 3.63) is 74.2 Å². The smallest absolute Gasteiger partial charge is 0.258 e. The minimum atomic E-state index is -0.406. The summed E-state index contributed by atoms with van der Waals surface area (Å²) >= 11 is 9.41. The van der Waals surface area contributed by atoms with Gasteiger partial charge in [-0.25, -0.2) is 0 Å². The third-order valence-electron chi connectivity index (χ3n) is 3.30. The second-order valence-corrected chi connectivity index (χ2v) is 5.85. The van der Waals surface area contributed by atoms with Crippen LogP contribution in [0.4, 0.5) is 5.69 Å². The lowest BCUT2D eigenvalue weighted by Gasteiger charge is -2.09. The zero-order valence-corrected chi connectivity index (χ0v) is 13.1. The van der Waals surface area contributed by atoms with E-state index >= 15 is 0 Å². The molecular weight excluding hydrogens is 354 g/mol. The van der Waals surface area contributed by atoms with Crippen LogP contribution >= 0.6 is 27.5 Å². The maximum Gasteiger partial charge on any atom is 0.278 e. The summed E-state index contributed by atoms with van der Waals surface area (Å²) in [5, 5.41) is 13.6. The number of fused-ring (bicyclic) bond motifs is 1. The molecule has 0 spiro atoms. The molecule has 21 heavy (non-hydrogen) atoms. The Morgan fingerprint density at radius 3 is 2.43 bits per heavy atom. The second kappa shape index (κ2) is 5.47. The topological polar surface area (TPSA) is 43.1 Å². The minimum Gasteiger partial charge on any atom is -0.258 e. The molecule has 0 bridgehead atoms. The van der Waals surface area contributed by atoms with Gasteiger partial charge in [-0.2, -0.15) is 0 Å². The molecule has 0 saturated carbocycles. The van der Waals surface area contributed by atoms with Crippen LogP contribution in [0.25, 0.3) is 21.9 Å². The maximum absolute atomic E-state index is 11.3. The Balaban J connectivity index is 2.39. The van der Waals surface area contributed by atoms with Crippen LogP contribution in [0.1, 0.15) is 0 Å². The van der Waals surface area contributed by atoms with E-state index in [0.29, 0.717) is 10.6 Å². The summed E-state index contributed by atoms with van der Waals surface area (Å²) in [5.74, 6) is 0. The molecule has 0 heterocycles. The lowest BCUT2D eigenvalue weighted by molar-refractivity contribution is -0.384. The van der Waals surface area contributed by atoms with Gasteiger partial charge >= 0.3 is 0 Å². The fraction of sp³-hybridized carbons (Fsp3) is 0. The molecule has 3 aromatic carbocycles. The molecule has 0 fully saturated rings. The second-order valence-electron chi connectivity index (χ2n) is 4.56. The molecule has 0 aliphatic rings. The van der Waals surface area contributed by atoms with Gasteiger partial charge in [-0.1, -0.05) is 57.9 Å². The van der Waals surface area contributed by atoms with Gasteiger partial charge < -0.3 is 0 Å². The predicted molar refractivity (Wildman–Crippen MR) is 88.7 cm³/mol. The van der Waals surface area contributed by atoms with E-state index in [-0.39, 0.29) is 5.69 Å². The Morgan fingerprint density at radius 1 is 1.00 bits per heavy atom. The van der Waals surface area contributed by atoms with Crippen molar-refractivity contribution in [3.63, 3.8) is 0 Å². The lowest BCUT2D eigenvalue weighted by Crippen LogP contribution is -1.93. The van der Waals surface area contributed by atoms with E-state index in [4.69, 9.17) is 11.6 Å². The molecule has 3 nitrogen and oxygen atoms in total. The van der Waals surface area contributed by atoms with Gasteiger partial charge in [-0.05, 0) is 29.1 Å². The predicted octanol–water partition coefficient (Wildman–Crippen LogP) is 5.83. The Hall–Kier alpha value is -1.91. The van der Waals surface area contributed by atoms with E-state index in [2.05, 4.69) is 15.9 Å². The van der Waals surface area contributed by atoms with Crippen LogP contribution in [0.15, 0.2) is 59.1 Å². The largest absolute Gasteiger partial charge is 0.278 e. The Bertz CT molecular complexity index is 859. The summed E-state index contributed by atoms with van der Waals surface area (Å²) in [7, 11) is 0. The highest BCUT2D eigenvalue weighted by molar-refractivity contribution is 9.10. The van der Waals surface area contributed by atoms with E-state index < -0.39 is 4.92 Å². The van der Waals surface area contributed by atoms with Crippen LogP contribution in [0.3, 0.4) is 0 Å². The Kier molecular flexibility index (Phi) is 3.66. The molecule has 0 amide bonds. The highest BCUT2D eigenvalue weighted by Crippen LogP contribution is 2.39. The van der Waals surface area contributed by atoms with Crippen molar-refractivity contribution in [2.24, 2.45) is 0 Å². The number of hydrogen-bond donors (Lipinski definition) is 0. The molecule has 0 radical (unpaired) electrons. The average molecular weight is 363 g/mol. The zero-order valence-electron chi connectivity index (χ0n) is 10.7. The van der Waals surface area contributed by atoms with E-state index in [1.165, 1.54) is 6.07 Å². The summed E-state index contributed by atoms with van der Waals surface area (Å²) in [6.07, 6.45) is 0. The van der Waals surface area contributed by atoms with Gasteiger partial charge in [0.2, 0.25) is 0 Å². The first-order chi connectivity index (χ1) is 10.1. The van der Waals surface area contributed by atoms with Gasteiger partial charge in [0.15, 0.2) is 0 Å². The highest BCUT2D eigenvalue weighted by Gasteiger charge is 2.18. The summed E-state index contributed by atoms with van der Waals surface area (Å²) < 4.78 is 0.903. The SMILES string of the molecule is O=[N+]([O-])c1cc(Cl)ccc1-c1cccc2cccc(Br)c12. The molecule has 0 N–H and O–H groups in total. The van der Waals surface area contributed by atoms with Gasteiger partial charge in [-0.3, -0.25) is 10.1 Å². The van der Waals surface area contributed by atoms with Crippen molar-refractivity contribution in [1.82, 2.24) is 0 Å². The van der Waals surface area contributed by atoms with Gasteiger partial charge in [0, 0.05) is 20.9 Å². The molecule has 104 valence electrons. The molecule has 3 aromatic rings. The van der Waals surface area contributed by atoms with E-state index in [0.717, 1.165) is 20.8 Å². The summed E-state index contributed by atoms with van der Waals surface area (Å²) in [6, 6.07) is 16.3. The number of nitro groups is 1. The number of hydrogen-bond acceptors (Lipinski definition) is 2.